The predicted octanol–water partition coefficient (Wildman–Crippen LogP) is 2.47. The maximum atomic E-state index is 12.1. The molecule has 0 aliphatic rings. The Kier molecular flexibility index (Phi) is 5.58. The third-order valence-corrected chi connectivity index (χ3v) is 2.28. The Hall–Kier alpha value is -0.940. The number of furan rings is 1. The summed E-state index contributed by atoms with van der Waals surface area (Å²) < 4.78 is 29.8. The number of nitrogens with zero attached hydrogens (tertiary/aromatic N) is 1. The van der Waals surface area contributed by atoms with Crippen molar-refractivity contribution in [2.24, 2.45) is 0 Å². The average molecular weight is 246 g/mol. The number of hydrogen-bond donors (Lipinski definition) is 1. The van der Waals surface area contributed by atoms with Crippen LogP contribution in [0.1, 0.15) is 25.4 Å². The van der Waals surface area contributed by atoms with Crippen LogP contribution in [0.3, 0.4) is 0 Å². The van der Waals surface area contributed by atoms with Crippen LogP contribution in [0.25, 0.3) is 0 Å². The molecule has 1 aromatic rings. The zero-order valence-electron chi connectivity index (χ0n) is 10.5. The van der Waals surface area contributed by atoms with Gasteiger partial charge in [-0.25, -0.2) is 8.78 Å². The Labute approximate surface area is 101 Å². The first-order valence-corrected chi connectivity index (χ1v) is 5.75. The van der Waals surface area contributed by atoms with Crippen molar-refractivity contribution in [3.63, 3.8) is 0 Å². The topological polar surface area (TPSA) is 28.4 Å². The van der Waals surface area contributed by atoms with Crippen molar-refractivity contribution < 1.29 is 13.2 Å². The summed E-state index contributed by atoms with van der Waals surface area (Å²) in [5.41, 5.74) is 0. The molecule has 0 bridgehead atoms. The highest BCUT2D eigenvalue weighted by Crippen LogP contribution is 2.10. The lowest BCUT2D eigenvalue weighted by atomic mass is 10.3. The molecule has 0 aliphatic heterocycles. The first-order valence-electron chi connectivity index (χ1n) is 5.75. The van der Waals surface area contributed by atoms with Crippen LogP contribution in [-0.4, -0.2) is 31.0 Å². The van der Waals surface area contributed by atoms with E-state index in [0.29, 0.717) is 24.9 Å². The van der Waals surface area contributed by atoms with Gasteiger partial charge in [0, 0.05) is 6.04 Å². The minimum atomic E-state index is -2.31. The number of rotatable bonds is 7. The van der Waals surface area contributed by atoms with Crippen LogP contribution in [0.4, 0.5) is 8.78 Å². The number of nitrogens with one attached hydrogen (secondary N) is 1. The third kappa shape index (κ3) is 5.79. The molecule has 17 heavy (non-hydrogen) atoms. The van der Waals surface area contributed by atoms with Gasteiger partial charge in [-0.1, -0.05) is 13.8 Å². The molecule has 0 radical (unpaired) electrons. The predicted molar refractivity (Wildman–Crippen MR) is 63.0 cm³/mol. The molecule has 1 aromatic heterocycles. The van der Waals surface area contributed by atoms with Gasteiger partial charge in [-0.3, -0.25) is 4.90 Å². The fraction of sp³-hybridized carbons (Fsp3) is 0.667. The van der Waals surface area contributed by atoms with Gasteiger partial charge in [-0.2, -0.15) is 0 Å². The van der Waals surface area contributed by atoms with E-state index in [-0.39, 0.29) is 6.54 Å². The molecule has 0 saturated carbocycles. The Morgan fingerprint density at radius 3 is 2.53 bits per heavy atom. The van der Waals surface area contributed by atoms with Gasteiger partial charge in [-0.05, 0) is 19.2 Å². The Morgan fingerprint density at radius 2 is 1.94 bits per heavy atom. The van der Waals surface area contributed by atoms with Crippen LogP contribution in [0.15, 0.2) is 16.5 Å². The molecule has 0 atom stereocenters. The lowest BCUT2D eigenvalue weighted by Crippen LogP contribution is -2.24. The van der Waals surface area contributed by atoms with Gasteiger partial charge in [0.2, 0.25) is 0 Å². The standard InChI is InChI=1S/C12H20F2N2O/c1-9(2)15-6-10-4-5-11(17-10)7-16(3)8-12(13)14/h4-5,9,12,15H,6-8H2,1-3H3. The van der Waals surface area contributed by atoms with Crippen LogP contribution < -0.4 is 5.32 Å². The Balaban J connectivity index is 2.39. The normalized spacial score (nSPS) is 12.0. The summed E-state index contributed by atoms with van der Waals surface area (Å²) in [4.78, 5) is 1.54. The van der Waals surface area contributed by atoms with Crippen LogP contribution in [0, 0.1) is 0 Å². The van der Waals surface area contributed by atoms with Gasteiger partial charge in [0.1, 0.15) is 11.5 Å². The van der Waals surface area contributed by atoms with Gasteiger partial charge in [-0.15, -0.1) is 0 Å². The van der Waals surface area contributed by atoms with E-state index < -0.39 is 6.43 Å². The first kappa shape index (κ1) is 14.1. The summed E-state index contributed by atoms with van der Waals surface area (Å²) in [6.07, 6.45) is -2.31. The van der Waals surface area contributed by atoms with Crippen LogP contribution >= 0.6 is 0 Å². The maximum Gasteiger partial charge on any atom is 0.251 e. The molecule has 0 fully saturated rings. The van der Waals surface area contributed by atoms with E-state index in [4.69, 9.17) is 4.42 Å². The Morgan fingerprint density at radius 1 is 1.29 bits per heavy atom. The van der Waals surface area contributed by atoms with Gasteiger partial charge >= 0.3 is 0 Å². The van der Waals surface area contributed by atoms with Gasteiger partial charge in [0.15, 0.2) is 0 Å². The van der Waals surface area contributed by atoms with Crippen molar-refractivity contribution in [1.82, 2.24) is 10.2 Å². The SMILES string of the molecule is CC(C)NCc1ccc(CN(C)CC(F)F)o1. The molecule has 0 aromatic carbocycles. The molecule has 0 unspecified atom stereocenters. The minimum absolute atomic E-state index is 0.236. The molecule has 1 rings (SSSR count). The van der Waals surface area contributed by atoms with E-state index in [0.717, 1.165) is 5.76 Å². The number of hydrogen-bond acceptors (Lipinski definition) is 3. The highest BCUT2D eigenvalue weighted by molar-refractivity contribution is 5.07. The second kappa shape index (κ2) is 6.71. The van der Waals surface area contributed by atoms with Crippen LogP contribution in [0.2, 0.25) is 0 Å². The van der Waals surface area contributed by atoms with Crippen LogP contribution in [-0.2, 0) is 13.1 Å². The molecule has 3 nitrogen and oxygen atoms in total. The second-order valence-corrected chi connectivity index (χ2v) is 4.49. The van der Waals surface area contributed by atoms with Crippen molar-refractivity contribution in [2.45, 2.75) is 39.4 Å². The smallest absolute Gasteiger partial charge is 0.251 e. The van der Waals surface area contributed by atoms with E-state index in [1.165, 1.54) is 0 Å². The summed E-state index contributed by atoms with van der Waals surface area (Å²) in [7, 11) is 1.65. The minimum Gasteiger partial charge on any atom is -0.463 e. The second-order valence-electron chi connectivity index (χ2n) is 4.49. The van der Waals surface area contributed by atoms with Gasteiger partial charge in [0.25, 0.3) is 6.43 Å². The fourth-order valence-electron chi connectivity index (χ4n) is 1.47. The molecular formula is C12H20F2N2O. The molecule has 98 valence electrons. The summed E-state index contributed by atoms with van der Waals surface area (Å²) in [5.74, 6) is 1.55. The van der Waals surface area contributed by atoms with E-state index in [1.54, 1.807) is 11.9 Å². The van der Waals surface area contributed by atoms with Gasteiger partial charge in [0.05, 0.1) is 19.6 Å². The van der Waals surface area contributed by atoms with Crippen molar-refractivity contribution in [3.05, 3.63) is 23.7 Å². The molecule has 0 amide bonds. The van der Waals surface area contributed by atoms with E-state index in [2.05, 4.69) is 19.2 Å². The monoisotopic (exact) mass is 246 g/mol. The molecule has 0 saturated heterocycles. The summed E-state index contributed by atoms with van der Waals surface area (Å²) in [5, 5.41) is 3.23. The molecule has 1 N–H and O–H groups in total. The van der Waals surface area contributed by atoms with Gasteiger partial charge < -0.3 is 9.73 Å². The molecule has 0 aliphatic carbocycles. The largest absolute Gasteiger partial charge is 0.463 e. The molecule has 1 heterocycles. The van der Waals surface area contributed by atoms with Crippen LogP contribution in [0.5, 0.6) is 0 Å². The van der Waals surface area contributed by atoms with Crippen molar-refractivity contribution in [2.75, 3.05) is 13.6 Å². The number of halogens is 2. The van der Waals surface area contributed by atoms with Crippen molar-refractivity contribution in [3.8, 4) is 0 Å². The lowest BCUT2D eigenvalue weighted by molar-refractivity contribution is 0.0944. The molecule has 0 spiro atoms. The zero-order chi connectivity index (χ0) is 12.8. The average Bonchev–Trinajstić information content (AvgIpc) is 2.61. The summed E-state index contributed by atoms with van der Waals surface area (Å²) in [6, 6.07) is 4.10. The zero-order valence-corrected chi connectivity index (χ0v) is 10.5. The quantitative estimate of drug-likeness (QED) is 0.801. The third-order valence-electron chi connectivity index (χ3n) is 2.28. The van der Waals surface area contributed by atoms with E-state index in [1.807, 2.05) is 12.1 Å². The summed E-state index contributed by atoms with van der Waals surface area (Å²) >= 11 is 0. The maximum absolute atomic E-state index is 12.1. The highest BCUT2D eigenvalue weighted by atomic mass is 19.3. The molecular weight excluding hydrogens is 226 g/mol. The van der Waals surface area contributed by atoms with Crippen molar-refractivity contribution in [1.29, 1.82) is 0 Å². The van der Waals surface area contributed by atoms with E-state index >= 15 is 0 Å². The van der Waals surface area contributed by atoms with E-state index in [9.17, 15) is 8.78 Å². The molecule has 5 heteroatoms. The Bertz CT molecular complexity index is 326. The first-order chi connectivity index (χ1) is 7.97. The fourth-order valence-corrected chi connectivity index (χ4v) is 1.47. The number of alkyl halides is 2. The van der Waals surface area contributed by atoms with Crippen molar-refractivity contribution >= 4 is 0 Å². The summed E-state index contributed by atoms with van der Waals surface area (Å²) in [6.45, 7) is 4.95. The lowest BCUT2D eigenvalue weighted by Gasteiger charge is -2.13. The highest BCUT2D eigenvalue weighted by Gasteiger charge is 2.10.